The third-order valence-corrected chi connectivity index (χ3v) is 3.67. The van der Waals surface area contributed by atoms with Gasteiger partial charge in [-0.3, -0.25) is 9.89 Å². The maximum Gasteiger partial charge on any atom is 0.433 e. The van der Waals surface area contributed by atoms with E-state index < -0.39 is 23.3 Å². The Morgan fingerprint density at radius 1 is 1.25 bits per heavy atom. The molecule has 3 rings (SSSR count). The van der Waals surface area contributed by atoms with Crippen LogP contribution in [0.5, 0.6) is 0 Å². The number of carbonyl (C=O) groups excluding carboxylic acids is 1. The lowest BCUT2D eigenvalue weighted by Gasteiger charge is -2.30. The van der Waals surface area contributed by atoms with E-state index in [0.29, 0.717) is 32.0 Å². The number of amides is 1. The summed E-state index contributed by atoms with van der Waals surface area (Å²) in [5.41, 5.74) is -0.520. The van der Waals surface area contributed by atoms with Gasteiger partial charge in [0.05, 0.1) is 36.3 Å². The number of aromatic amines is 1. The van der Waals surface area contributed by atoms with Crippen LogP contribution in [-0.4, -0.2) is 42.4 Å². The lowest BCUT2D eigenvalue weighted by molar-refractivity contribution is -0.141. The highest BCUT2D eigenvalue weighted by Gasteiger charge is 2.37. The van der Waals surface area contributed by atoms with E-state index in [2.05, 4.69) is 10.4 Å². The van der Waals surface area contributed by atoms with Crippen molar-refractivity contribution in [3.8, 4) is 0 Å². The lowest BCUT2D eigenvalue weighted by atomic mass is 10.2. The first-order valence-electron chi connectivity index (χ1n) is 7.30. The second-order valence-electron chi connectivity index (χ2n) is 5.23. The first-order valence-corrected chi connectivity index (χ1v) is 7.30. The third kappa shape index (κ3) is 3.35. The molecule has 0 bridgehead atoms. The van der Waals surface area contributed by atoms with Gasteiger partial charge in [0.2, 0.25) is 0 Å². The number of para-hydroxylation sites is 2. The number of morpholine rings is 1. The van der Waals surface area contributed by atoms with Gasteiger partial charge in [0, 0.05) is 13.1 Å². The number of hydrogen-bond acceptors (Lipinski definition) is 4. The Balaban J connectivity index is 1.84. The summed E-state index contributed by atoms with van der Waals surface area (Å²) in [6.07, 6.45) is -3.80. The number of alkyl halides is 3. The van der Waals surface area contributed by atoms with E-state index in [1.54, 1.807) is 24.3 Å². The molecule has 1 amide bonds. The number of anilines is 2. The lowest BCUT2D eigenvalue weighted by Crippen LogP contribution is -2.36. The van der Waals surface area contributed by atoms with Gasteiger partial charge in [0.1, 0.15) is 0 Å². The van der Waals surface area contributed by atoms with E-state index in [-0.39, 0.29) is 0 Å². The zero-order valence-corrected chi connectivity index (χ0v) is 12.6. The molecule has 2 aromatic rings. The predicted molar refractivity (Wildman–Crippen MR) is 81.0 cm³/mol. The average molecular weight is 340 g/mol. The van der Waals surface area contributed by atoms with Gasteiger partial charge in [-0.05, 0) is 12.1 Å². The summed E-state index contributed by atoms with van der Waals surface area (Å²) in [5, 5.41) is 7.70. The van der Waals surface area contributed by atoms with Crippen LogP contribution in [0, 0.1) is 0 Å². The van der Waals surface area contributed by atoms with E-state index in [9.17, 15) is 18.0 Å². The SMILES string of the molecule is O=C(Nc1ccccc1N1CCOCC1)c1cn[nH]c1C(F)(F)F. The second-order valence-corrected chi connectivity index (χ2v) is 5.23. The first kappa shape index (κ1) is 16.3. The quantitative estimate of drug-likeness (QED) is 0.901. The minimum absolute atomic E-state index is 0.443. The van der Waals surface area contributed by atoms with Crippen LogP contribution in [0.1, 0.15) is 16.1 Å². The molecule has 0 saturated carbocycles. The molecule has 6 nitrogen and oxygen atoms in total. The smallest absolute Gasteiger partial charge is 0.378 e. The highest BCUT2D eigenvalue weighted by molar-refractivity contribution is 6.06. The van der Waals surface area contributed by atoms with E-state index >= 15 is 0 Å². The summed E-state index contributed by atoms with van der Waals surface area (Å²) in [6, 6.07) is 6.97. The number of nitrogens with zero attached hydrogens (tertiary/aromatic N) is 2. The van der Waals surface area contributed by atoms with Crippen LogP contribution in [-0.2, 0) is 10.9 Å². The van der Waals surface area contributed by atoms with Crippen molar-refractivity contribution in [2.45, 2.75) is 6.18 Å². The van der Waals surface area contributed by atoms with Crippen molar-refractivity contribution in [3.63, 3.8) is 0 Å². The maximum atomic E-state index is 12.9. The fourth-order valence-electron chi connectivity index (χ4n) is 2.52. The fraction of sp³-hybridized carbons (Fsp3) is 0.333. The molecule has 0 atom stereocenters. The average Bonchev–Trinajstić information content (AvgIpc) is 3.06. The number of aromatic nitrogens is 2. The molecular weight excluding hydrogens is 325 g/mol. The maximum absolute atomic E-state index is 12.9. The molecule has 0 aliphatic carbocycles. The molecule has 0 unspecified atom stereocenters. The van der Waals surface area contributed by atoms with Crippen LogP contribution in [0.4, 0.5) is 24.5 Å². The van der Waals surface area contributed by atoms with Crippen molar-refractivity contribution in [3.05, 3.63) is 41.7 Å². The van der Waals surface area contributed by atoms with Crippen LogP contribution < -0.4 is 10.2 Å². The van der Waals surface area contributed by atoms with Gasteiger partial charge in [-0.1, -0.05) is 12.1 Å². The Hall–Kier alpha value is -2.55. The van der Waals surface area contributed by atoms with E-state index in [1.165, 1.54) is 0 Å². The number of benzene rings is 1. The fourth-order valence-corrected chi connectivity index (χ4v) is 2.52. The van der Waals surface area contributed by atoms with Crippen LogP contribution in [0.25, 0.3) is 0 Å². The normalized spacial score (nSPS) is 15.4. The van der Waals surface area contributed by atoms with Gasteiger partial charge in [-0.25, -0.2) is 0 Å². The zero-order valence-electron chi connectivity index (χ0n) is 12.6. The number of carbonyl (C=O) groups is 1. The molecule has 24 heavy (non-hydrogen) atoms. The molecular formula is C15H15F3N4O2. The van der Waals surface area contributed by atoms with Gasteiger partial charge in [-0.2, -0.15) is 18.3 Å². The van der Waals surface area contributed by atoms with E-state index in [1.807, 2.05) is 10.00 Å². The molecule has 1 aliphatic rings. The Kier molecular flexibility index (Phi) is 4.43. The Labute approximate surface area is 135 Å². The van der Waals surface area contributed by atoms with E-state index in [4.69, 9.17) is 4.74 Å². The molecule has 9 heteroatoms. The molecule has 2 N–H and O–H groups in total. The van der Waals surface area contributed by atoms with Crippen LogP contribution in [0.3, 0.4) is 0 Å². The minimum Gasteiger partial charge on any atom is -0.378 e. The van der Waals surface area contributed by atoms with Gasteiger partial charge >= 0.3 is 6.18 Å². The molecule has 128 valence electrons. The van der Waals surface area contributed by atoms with Gasteiger partial charge in [-0.15, -0.1) is 0 Å². The van der Waals surface area contributed by atoms with Crippen LogP contribution in [0.2, 0.25) is 0 Å². The number of hydrogen-bond donors (Lipinski definition) is 2. The number of rotatable bonds is 3. The monoisotopic (exact) mass is 340 g/mol. The van der Waals surface area contributed by atoms with Crippen molar-refractivity contribution < 1.29 is 22.7 Å². The predicted octanol–water partition coefficient (Wildman–Crippen LogP) is 2.52. The number of ether oxygens (including phenoxy) is 1. The van der Waals surface area contributed by atoms with Crippen molar-refractivity contribution in [1.29, 1.82) is 0 Å². The Bertz CT molecular complexity index is 724. The summed E-state index contributed by atoms with van der Waals surface area (Å²) in [5.74, 6) is -0.864. The second kappa shape index (κ2) is 6.52. The highest BCUT2D eigenvalue weighted by atomic mass is 19.4. The van der Waals surface area contributed by atoms with Gasteiger partial charge < -0.3 is 15.0 Å². The summed E-state index contributed by atoms with van der Waals surface area (Å²) in [7, 11) is 0. The molecule has 0 radical (unpaired) electrons. The summed E-state index contributed by atoms with van der Waals surface area (Å²) >= 11 is 0. The number of H-pyrrole nitrogens is 1. The van der Waals surface area contributed by atoms with Crippen molar-refractivity contribution in [1.82, 2.24) is 10.2 Å². The third-order valence-electron chi connectivity index (χ3n) is 3.67. The molecule has 1 fully saturated rings. The zero-order chi connectivity index (χ0) is 17.2. The van der Waals surface area contributed by atoms with E-state index in [0.717, 1.165) is 11.9 Å². The molecule has 0 spiro atoms. The van der Waals surface area contributed by atoms with Gasteiger partial charge in [0.25, 0.3) is 5.91 Å². The first-order chi connectivity index (χ1) is 11.5. The van der Waals surface area contributed by atoms with Crippen molar-refractivity contribution >= 4 is 17.3 Å². The topological polar surface area (TPSA) is 70.2 Å². The highest BCUT2D eigenvalue weighted by Crippen LogP contribution is 2.31. The standard InChI is InChI=1S/C15H15F3N4O2/c16-15(17,18)13-10(9-19-21-13)14(23)20-11-3-1-2-4-12(11)22-5-7-24-8-6-22/h1-4,9H,5-8H2,(H,19,21)(H,20,23). The molecule has 1 saturated heterocycles. The number of halogens is 3. The molecule has 2 heterocycles. The minimum atomic E-state index is -4.67. The van der Waals surface area contributed by atoms with Crippen molar-refractivity contribution in [2.24, 2.45) is 0 Å². The molecule has 1 aromatic heterocycles. The summed E-state index contributed by atoms with van der Waals surface area (Å²) in [6.45, 7) is 2.41. The summed E-state index contributed by atoms with van der Waals surface area (Å²) in [4.78, 5) is 14.3. The largest absolute Gasteiger partial charge is 0.433 e. The van der Waals surface area contributed by atoms with Gasteiger partial charge in [0.15, 0.2) is 5.69 Å². The van der Waals surface area contributed by atoms with Crippen molar-refractivity contribution in [2.75, 3.05) is 36.5 Å². The Morgan fingerprint density at radius 3 is 2.67 bits per heavy atom. The van der Waals surface area contributed by atoms with Crippen LogP contribution >= 0.6 is 0 Å². The van der Waals surface area contributed by atoms with Crippen LogP contribution in [0.15, 0.2) is 30.5 Å². The number of nitrogens with one attached hydrogen (secondary N) is 2. The Morgan fingerprint density at radius 2 is 1.96 bits per heavy atom. The summed E-state index contributed by atoms with van der Waals surface area (Å²) < 4.78 is 43.9. The molecule has 1 aliphatic heterocycles. The molecule has 1 aromatic carbocycles.